The van der Waals surface area contributed by atoms with E-state index in [9.17, 15) is 9.59 Å². The van der Waals surface area contributed by atoms with Crippen LogP contribution in [-0.4, -0.2) is 37.2 Å². The van der Waals surface area contributed by atoms with E-state index >= 15 is 0 Å². The lowest BCUT2D eigenvalue weighted by Crippen LogP contribution is -2.65. The van der Waals surface area contributed by atoms with E-state index in [1.54, 1.807) is 16.7 Å². The molecule has 0 N–H and O–H groups in total. The van der Waals surface area contributed by atoms with E-state index in [-0.39, 0.29) is 34.9 Å². The van der Waals surface area contributed by atoms with Crippen LogP contribution in [0.25, 0.3) is 0 Å². The summed E-state index contributed by atoms with van der Waals surface area (Å²) in [5.74, 6) is -0.905. The van der Waals surface area contributed by atoms with Crippen molar-refractivity contribution in [3.05, 3.63) is 113 Å². The van der Waals surface area contributed by atoms with Crippen LogP contribution in [0.3, 0.4) is 0 Å². The molecule has 3 aromatic rings. The van der Waals surface area contributed by atoms with Gasteiger partial charge in [0.15, 0.2) is 14.4 Å². The SMILES string of the molecule is C[C@@H](O[Si](C)(C)C(C)(C)C)[C@H]1C(=O)N2C(C(=O)OC(c3ccccc3)c3ccccc3)=C(Sc3ccccc3)[C@H](C)[C@H]12. The van der Waals surface area contributed by atoms with E-state index in [4.69, 9.17) is 9.16 Å². The second-order valence-electron chi connectivity index (χ2n) is 12.8. The number of carbonyl (C=O) groups excluding carboxylic acids is 2. The zero-order valence-electron chi connectivity index (χ0n) is 25.5. The highest BCUT2D eigenvalue weighted by molar-refractivity contribution is 8.03. The molecule has 0 bridgehead atoms. The maximum atomic E-state index is 14.2. The van der Waals surface area contributed by atoms with Crippen LogP contribution in [-0.2, 0) is 18.8 Å². The van der Waals surface area contributed by atoms with Gasteiger partial charge in [0, 0.05) is 15.7 Å². The maximum Gasteiger partial charge on any atom is 0.356 e. The smallest absolute Gasteiger partial charge is 0.356 e. The third-order valence-corrected chi connectivity index (χ3v) is 14.8. The average Bonchev–Trinajstić information content (AvgIpc) is 3.20. The highest BCUT2D eigenvalue weighted by Crippen LogP contribution is 2.53. The molecular weight excluding hydrogens is 559 g/mol. The van der Waals surface area contributed by atoms with Crippen molar-refractivity contribution in [2.75, 3.05) is 0 Å². The molecule has 7 heteroatoms. The second-order valence-corrected chi connectivity index (χ2v) is 18.7. The zero-order chi connectivity index (χ0) is 30.2. The fourth-order valence-electron chi connectivity index (χ4n) is 5.71. The van der Waals surface area contributed by atoms with Gasteiger partial charge in [0.1, 0.15) is 5.70 Å². The van der Waals surface area contributed by atoms with E-state index in [0.29, 0.717) is 5.70 Å². The lowest BCUT2D eigenvalue weighted by Gasteiger charge is -2.50. The number of fused-ring (bicyclic) bond motifs is 1. The molecule has 0 saturated carbocycles. The Hall–Kier alpha value is -3.13. The van der Waals surface area contributed by atoms with Crippen molar-refractivity contribution in [2.24, 2.45) is 11.8 Å². The number of nitrogens with zero attached hydrogens (tertiary/aromatic N) is 1. The highest BCUT2D eigenvalue weighted by atomic mass is 32.2. The van der Waals surface area contributed by atoms with Crippen LogP contribution in [0.2, 0.25) is 18.1 Å². The molecule has 2 aliphatic heterocycles. The van der Waals surface area contributed by atoms with Crippen LogP contribution < -0.4 is 0 Å². The van der Waals surface area contributed by atoms with Gasteiger partial charge in [-0.1, -0.05) is 118 Å². The summed E-state index contributed by atoms with van der Waals surface area (Å²) >= 11 is 1.55. The fraction of sp³-hybridized carbons (Fsp3) is 0.371. The molecule has 0 unspecified atom stereocenters. The number of β-lactam (4-membered cyclic amide) rings is 1. The number of hydrogen-bond donors (Lipinski definition) is 0. The third-order valence-electron chi connectivity index (χ3n) is 8.98. The zero-order valence-corrected chi connectivity index (χ0v) is 27.4. The first-order valence-electron chi connectivity index (χ1n) is 14.7. The van der Waals surface area contributed by atoms with Gasteiger partial charge in [0.05, 0.1) is 18.1 Å². The summed E-state index contributed by atoms with van der Waals surface area (Å²) < 4.78 is 13.0. The summed E-state index contributed by atoms with van der Waals surface area (Å²) in [7, 11) is -2.10. The first-order chi connectivity index (χ1) is 19.9. The standard InChI is InChI=1S/C35H41NO4SSi/c1-23-29-28(24(2)40-42(6,7)35(3,4)5)33(37)36(29)30(32(23)41-27-21-15-10-16-22-27)34(38)39-31(25-17-11-8-12-18-25)26-19-13-9-14-20-26/h8-24,28-29,31H,1-7H3/t23-,24-,28-,29-/m1/s1. The van der Waals surface area contributed by atoms with Crippen molar-refractivity contribution in [3.63, 3.8) is 0 Å². The molecule has 5 nitrogen and oxygen atoms in total. The molecule has 4 atom stereocenters. The predicted octanol–water partition coefficient (Wildman–Crippen LogP) is 8.21. The largest absolute Gasteiger partial charge is 0.448 e. The van der Waals surface area contributed by atoms with E-state index in [0.717, 1.165) is 20.9 Å². The van der Waals surface area contributed by atoms with Gasteiger partial charge in [0.2, 0.25) is 5.91 Å². The molecule has 0 spiro atoms. The first kappa shape index (κ1) is 30.3. The van der Waals surface area contributed by atoms with Gasteiger partial charge in [-0.25, -0.2) is 4.79 Å². The highest BCUT2D eigenvalue weighted by Gasteiger charge is 2.61. The van der Waals surface area contributed by atoms with E-state index in [1.807, 2.05) is 97.9 Å². The van der Waals surface area contributed by atoms with Gasteiger partial charge >= 0.3 is 5.97 Å². The van der Waals surface area contributed by atoms with Crippen LogP contribution in [0.4, 0.5) is 0 Å². The van der Waals surface area contributed by atoms with Crippen LogP contribution in [0, 0.1) is 11.8 Å². The molecule has 2 heterocycles. The average molecular weight is 600 g/mol. The molecule has 0 aliphatic carbocycles. The third kappa shape index (κ3) is 5.74. The predicted molar refractivity (Wildman–Crippen MR) is 171 cm³/mol. The molecule has 1 amide bonds. The maximum absolute atomic E-state index is 14.2. The molecule has 0 aromatic heterocycles. The number of esters is 1. The Morgan fingerprint density at radius 1 is 0.881 bits per heavy atom. The first-order valence-corrected chi connectivity index (χ1v) is 18.4. The van der Waals surface area contributed by atoms with Crippen molar-refractivity contribution in [1.29, 1.82) is 0 Å². The van der Waals surface area contributed by atoms with Gasteiger partial charge in [-0.3, -0.25) is 4.79 Å². The van der Waals surface area contributed by atoms with E-state index in [2.05, 4.69) is 40.8 Å². The monoisotopic (exact) mass is 599 g/mol. The minimum Gasteiger partial charge on any atom is -0.448 e. The summed E-state index contributed by atoms with van der Waals surface area (Å²) in [5, 5.41) is 0.0282. The number of amides is 1. The number of benzene rings is 3. The van der Waals surface area contributed by atoms with Crippen LogP contribution >= 0.6 is 11.8 Å². The van der Waals surface area contributed by atoms with Crippen molar-refractivity contribution in [2.45, 2.75) is 75.9 Å². The summed E-state index contributed by atoms with van der Waals surface area (Å²) in [5.41, 5.74) is 2.11. The topological polar surface area (TPSA) is 55.8 Å². The van der Waals surface area contributed by atoms with Crippen LogP contribution in [0.15, 0.2) is 106 Å². The molecular formula is C35H41NO4SSi. The Morgan fingerprint density at radius 3 is 1.88 bits per heavy atom. The number of hydrogen-bond acceptors (Lipinski definition) is 5. The Bertz CT molecular complexity index is 1410. The molecule has 1 fully saturated rings. The number of rotatable bonds is 9. The van der Waals surface area contributed by atoms with Crippen LogP contribution in [0.1, 0.15) is 51.8 Å². The molecule has 220 valence electrons. The number of thioether (sulfide) groups is 1. The molecule has 5 rings (SSSR count). The number of carbonyl (C=O) groups is 2. The molecule has 0 radical (unpaired) electrons. The van der Waals surface area contributed by atoms with Gasteiger partial charge in [-0.15, -0.1) is 0 Å². The van der Waals surface area contributed by atoms with Gasteiger partial charge in [-0.2, -0.15) is 0 Å². The van der Waals surface area contributed by atoms with Crippen LogP contribution in [0.5, 0.6) is 0 Å². The lowest BCUT2D eigenvalue weighted by atomic mass is 9.79. The summed E-state index contributed by atoms with van der Waals surface area (Å²) in [6.45, 7) is 15.2. The second kappa shape index (κ2) is 11.9. The quantitative estimate of drug-likeness (QED) is 0.141. The van der Waals surface area contributed by atoms with Crippen molar-refractivity contribution < 1.29 is 18.8 Å². The Kier molecular flexibility index (Phi) is 8.57. The van der Waals surface area contributed by atoms with Crippen molar-refractivity contribution in [3.8, 4) is 0 Å². The van der Waals surface area contributed by atoms with Gasteiger partial charge in [-0.05, 0) is 48.3 Å². The summed E-state index contributed by atoms with van der Waals surface area (Å²) in [4.78, 5) is 31.7. The minimum absolute atomic E-state index is 0.0282. The van der Waals surface area contributed by atoms with Gasteiger partial charge < -0.3 is 14.1 Å². The van der Waals surface area contributed by atoms with E-state index < -0.39 is 20.4 Å². The molecule has 2 aliphatic rings. The minimum atomic E-state index is -2.10. The lowest BCUT2D eigenvalue weighted by molar-refractivity contribution is -0.164. The van der Waals surface area contributed by atoms with Crippen molar-refractivity contribution >= 4 is 32.0 Å². The van der Waals surface area contributed by atoms with Gasteiger partial charge in [0.25, 0.3) is 0 Å². The van der Waals surface area contributed by atoms with E-state index in [1.165, 1.54) is 0 Å². The number of ether oxygens (including phenoxy) is 1. The summed E-state index contributed by atoms with van der Waals surface area (Å²) in [6.07, 6.45) is -0.848. The summed E-state index contributed by atoms with van der Waals surface area (Å²) in [6, 6.07) is 29.3. The molecule has 1 saturated heterocycles. The molecule has 3 aromatic carbocycles. The van der Waals surface area contributed by atoms with Crippen molar-refractivity contribution in [1.82, 2.24) is 4.90 Å². The Morgan fingerprint density at radius 2 is 1.38 bits per heavy atom. The Labute approximate surface area is 255 Å². The fourth-order valence-corrected chi connectivity index (χ4v) is 8.29. The normalized spacial score (nSPS) is 21.3. The Balaban J connectivity index is 1.49. The molecule has 42 heavy (non-hydrogen) atoms.